The number of benzene rings is 1. The topological polar surface area (TPSA) is 35.5 Å². The molecule has 0 aliphatic carbocycles. The van der Waals surface area contributed by atoms with E-state index in [1.165, 1.54) is 0 Å². The van der Waals surface area contributed by atoms with Gasteiger partial charge in [0.15, 0.2) is 0 Å². The standard InChI is InChI=1S/C13H18BrFN2O.2ClH/c1-9-6-10(14)7-11(13(9)18)12(8-15)17-4-2-16-3-5-17;;/h6-7,12,16,18H,2-5,8H2,1H3;2*1H/t12-;;/m0../s1. The van der Waals surface area contributed by atoms with Gasteiger partial charge in [-0.3, -0.25) is 4.90 Å². The SMILES string of the molecule is Cc1cc(Br)cc([C@H](CF)N2CCNCC2)c1O.Cl.Cl. The van der Waals surface area contributed by atoms with Gasteiger partial charge in [-0.15, -0.1) is 24.8 Å². The number of hydrogen-bond donors (Lipinski definition) is 2. The highest BCUT2D eigenvalue weighted by Gasteiger charge is 2.25. The molecule has 1 aromatic rings. The van der Waals surface area contributed by atoms with Crippen LogP contribution in [-0.4, -0.2) is 42.9 Å². The Morgan fingerprint density at radius 1 is 1.35 bits per heavy atom. The number of piperazine rings is 1. The molecule has 1 atom stereocenters. The van der Waals surface area contributed by atoms with E-state index in [-0.39, 0.29) is 36.6 Å². The molecule has 0 radical (unpaired) electrons. The van der Waals surface area contributed by atoms with Crippen molar-refractivity contribution in [2.75, 3.05) is 32.9 Å². The van der Waals surface area contributed by atoms with Gasteiger partial charge >= 0.3 is 0 Å². The van der Waals surface area contributed by atoms with E-state index in [9.17, 15) is 9.50 Å². The molecule has 1 heterocycles. The molecule has 20 heavy (non-hydrogen) atoms. The summed E-state index contributed by atoms with van der Waals surface area (Å²) in [5, 5.41) is 13.4. The monoisotopic (exact) mass is 388 g/mol. The minimum absolute atomic E-state index is 0. The van der Waals surface area contributed by atoms with E-state index in [1.807, 2.05) is 19.1 Å². The molecule has 0 unspecified atom stereocenters. The second-order valence-electron chi connectivity index (χ2n) is 4.62. The molecule has 0 saturated carbocycles. The Morgan fingerprint density at radius 2 is 1.95 bits per heavy atom. The predicted molar refractivity (Wildman–Crippen MR) is 88.2 cm³/mol. The first-order valence-electron chi connectivity index (χ1n) is 6.13. The maximum absolute atomic E-state index is 13.4. The summed E-state index contributed by atoms with van der Waals surface area (Å²) in [5.74, 6) is 0.208. The highest BCUT2D eigenvalue weighted by Crippen LogP contribution is 2.34. The summed E-state index contributed by atoms with van der Waals surface area (Å²) in [6.07, 6.45) is 0. The Balaban J connectivity index is 0.00000180. The average Bonchev–Trinajstić information content (AvgIpc) is 2.37. The molecule has 116 valence electrons. The number of nitrogens with one attached hydrogen (secondary N) is 1. The third-order valence-electron chi connectivity index (χ3n) is 3.39. The maximum Gasteiger partial charge on any atom is 0.123 e. The Kier molecular flexibility index (Phi) is 9.02. The zero-order valence-corrected chi connectivity index (χ0v) is 14.5. The second kappa shape index (κ2) is 9.05. The molecule has 3 nitrogen and oxygen atoms in total. The zero-order chi connectivity index (χ0) is 13.1. The van der Waals surface area contributed by atoms with Crippen LogP contribution in [0.3, 0.4) is 0 Å². The lowest BCUT2D eigenvalue weighted by molar-refractivity contribution is 0.145. The molecule has 1 fully saturated rings. The molecule has 2 rings (SSSR count). The first-order valence-corrected chi connectivity index (χ1v) is 6.92. The van der Waals surface area contributed by atoms with Crippen LogP contribution >= 0.6 is 40.7 Å². The summed E-state index contributed by atoms with van der Waals surface area (Å²) in [4.78, 5) is 2.08. The average molecular weight is 390 g/mol. The maximum atomic E-state index is 13.4. The van der Waals surface area contributed by atoms with E-state index in [2.05, 4.69) is 26.1 Å². The molecule has 0 bridgehead atoms. The Bertz CT molecular complexity index is 431. The molecule has 0 aromatic heterocycles. The van der Waals surface area contributed by atoms with Crippen LogP contribution in [0.4, 0.5) is 4.39 Å². The van der Waals surface area contributed by atoms with Gasteiger partial charge in [0.1, 0.15) is 12.4 Å². The summed E-state index contributed by atoms with van der Waals surface area (Å²) in [6.45, 7) is 4.69. The molecule has 7 heteroatoms. The molecule has 0 amide bonds. The third kappa shape index (κ3) is 4.46. The molecule has 1 aromatic carbocycles. The normalized spacial score (nSPS) is 16.9. The smallest absolute Gasteiger partial charge is 0.123 e. The van der Waals surface area contributed by atoms with Crippen LogP contribution in [0.1, 0.15) is 17.2 Å². The van der Waals surface area contributed by atoms with Crippen molar-refractivity contribution < 1.29 is 9.50 Å². The van der Waals surface area contributed by atoms with E-state index in [0.29, 0.717) is 5.56 Å². The van der Waals surface area contributed by atoms with E-state index >= 15 is 0 Å². The fraction of sp³-hybridized carbons (Fsp3) is 0.538. The number of rotatable bonds is 3. The van der Waals surface area contributed by atoms with Gasteiger partial charge in [-0.25, -0.2) is 4.39 Å². The first kappa shape index (κ1) is 19.9. The number of hydrogen-bond acceptors (Lipinski definition) is 3. The van der Waals surface area contributed by atoms with Crippen molar-refractivity contribution in [2.45, 2.75) is 13.0 Å². The van der Waals surface area contributed by atoms with Crippen LogP contribution in [0.2, 0.25) is 0 Å². The van der Waals surface area contributed by atoms with Crippen LogP contribution in [0.5, 0.6) is 5.75 Å². The minimum Gasteiger partial charge on any atom is -0.507 e. The summed E-state index contributed by atoms with van der Waals surface area (Å²) < 4.78 is 14.3. The van der Waals surface area contributed by atoms with Crippen molar-refractivity contribution in [2.24, 2.45) is 0 Å². The van der Waals surface area contributed by atoms with Crippen molar-refractivity contribution in [1.82, 2.24) is 10.2 Å². The van der Waals surface area contributed by atoms with Crippen LogP contribution in [-0.2, 0) is 0 Å². The molecule has 1 aliphatic heterocycles. The minimum atomic E-state index is -0.483. The third-order valence-corrected chi connectivity index (χ3v) is 3.85. The van der Waals surface area contributed by atoms with Crippen LogP contribution in [0, 0.1) is 6.92 Å². The number of alkyl halides is 1. The van der Waals surface area contributed by atoms with Crippen molar-refractivity contribution in [3.05, 3.63) is 27.7 Å². The number of aryl methyl sites for hydroxylation is 1. The van der Waals surface area contributed by atoms with Gasteiger partial charge < -0.3 is 10.4 Å². The number of aromatic hydroxyl groups is 1. The van der Waals surface area contributed by atoms with Gasteiger partial charge in [-0.2, -0.15) is 0 Å². The van der Waals surface area contributed by atoms with E-state index in [0.717, 1.165) is 36.2 Å². The van der Waals surface area contributed by atoms with Gasteiger partial charge in [-0.05, 0) is 24.6 Å². The number of phenols is 1. The van der Waals surface area contributed by atoms with Gasteiger partial charge in [0.2, 0.25) is 0 Å². The van der Waals surface area contributed by atoms with Crippen molar-refractivity contribution in [3.8, 4) is 5.75 Å². The lowest BCUT2D eigenvalue weighted by atomic mass is 10.0. The lowest BCUT2D eigenvalue weighted by Crippen LogP contribution is -2.45. The van der Waals surface area contributed by atoms with Crippen LogP contribution in [0.25, 0.3) is 0 Å². The van der Waals surface area contributed by atoms with Gasteiger partial charge in [0.05, 0.1) is 6.04 Å². The lowest BCUT2D eigenvalue weighted by Gasteiger charge is -2.34. The molecule has 1 saturated heterocycles. The fourth-order valence-corrected chi connectivity index (χ4v) is 2.98. The molecule has 1 aliphatic rings. The highest BCUT2D eigenvalue weighted by atomic mass is 79.9. The molecule has 2 N–H and O–H groups in total. The Labute approximate surface area is 139 Å². The van der Waals surface area contributed by atoms with Gasteiger partial charge in [0.25, 0.3) is 0 Å². The largest absolute Gasteiger partial charge is 0.507 e. The second-order valence-corrected chi connectivity index (χ2v) is 5.53. The fourth-order valence-electron chi connectivity index (χ4n) is 2.39. The van der Waals surface area contributed by atoms with E-state index in [1.54, 1.807) is 0 Å². The Hall–Kier alpha value is -0.0700. The summed E-state index contributed by atoms with van der Waals surface area (Å²) >= 11 is 3.40. The van der Waals surface area contributed by atoms with Crippen LogP contribution in [0.15, 0.2) is 16.6 Å². The highest BCUT2D eigenvalue weighted by molar-refractivity contribution is 9.10. The summed E-state index contributed by atoms with van der Waals surface area (Å²) in [5.41, 5.74) is 1.44. The van der Waals surface area contributed by atoms with E-state index < -0.39 is 6.67 Å². The van der Waals surface area contributed by atoms with Crippen molar-refractivity contribution in [1.29, 1.82) is 0 Å². The zero-order valence-electron chi connectivity index (χ0n) is 11.2. The molecular formula is C13H20BrCl2FN2O. The van der Waals surface area contributed by atoms with Crippen LogP contribution < -0.4 is 5.32 Å². The summed E-state index contributed by atoms with van der Waals surface area (Å²) in [7, 11) is 0. The number of nitrogens with zero attached hydrogens (tertiary/aromatic N) is 1. The van der Waals surface area contributed by atoms with Crippen molar-refractivity contribution in [3.63, 3.8) is 0 Å². The van der Waals surface area contributed by atoms with Crippen molar-refractivity contribution >= 4 is 40.7 Å². The molecule has 0 spiro atoms. The first-order chi connectivity index (χ1) is 8.63. The van der Waals surface area contributed by atoms with E-state index in [4.69, 9.17) is 0 Å². The Morgan fingerprint density at radius 3 is 2.50 bits per heavy atom. The van der Waals surface area contributed by atoms with Gasteiger partial charge in [-0.1, -0.05) is 15.9 Å². The predicted octanol–water partition coefficient (Wildman–Crippen LogP) is 3.22. The van der Waals surface area contributed by atoms with Gasteiger partial charge in [0, 0.05) is 36.2 Å². The number of halogens is 4. The number of phenolic OH excluding ortho intramolecular Hbond substituents is 1. The quantitative estimate of drug-likeness (QED) is 0.832. The molecular weight excluding hydrogens is 370 g/mol. The summed E-state index contributed by atoms with van der Waals surface area (Å²) in [6, 6.07) is 3.30.